The molecular formula is C25H22O2. The first-order chi connectivity index (χ1) is 13.3. The van der Waals surface area contributed by atoms with Gasteiger partial charge in [-0.25, -0.2) is 0 Å². The Morgan fingerprint density at radius 3 is 2.04 bits per heavy atom. The van der Waals surface area contributed by atoms with Gasteiger partial charge < -0.3 is 4.74 Å². The fourth-order valence-corrected chi connectivity index (χ4v) is 3.11. The molecule has 0 amide bonds. The predicted molar refractivity (Wildman–Crippen MR) is 108 cm³/mol. The molecule has 0 aromatic heterocycles. The third kappa shape index (κ3) is 5.09. The van der Waals surface area contributed by atoms with Crippen molar-refractivity contribution in [1.82, 2.24) is 0 Å². The van der Waals surface area contributed by atoms with E-state index in [2.05, 4.69) is 18.1 Å². The maximum absolute atomic E-state index is 12.3. The highest BCUT2D eigenvalue weighted by atomic mass is 16.5. The third-order valence-corrected chi connectivity index (χ3v) is 4.69. The Kier molecular flexibility index (Phi) is 6.44. The fraction of sp³-hybridized carbons (Fsp3) is 0.160. The molecule has 2 nitrogen and oxygen atoms in total. The molecule has 0 heterocycles. The van der Waals surface area contributed by atoms with E-state index in [4.69, 9.17) is 11.2 Å². The summed E-state index contributed by atoms with van der Waals surface area (Å²) in [4.78, 5) is 12.3. The minimum atomic E-state index is -0.163. The maximum Gasteiger partial charge on any atom is 0.314 e. The van der Waals surface area contributed by atoms with Gasteiger partial charge in [-0.1, -0.05) is 78.7 Å². The van der Waals surface area contributed by atoms with Gasteiger partial charge in [0.15, 0.2) is 0 Å². The van der Waals surface area contributed by atoms with Crippen molar-refractivity contribution in [3.8, 4) is 18.1 Å². The largest absolute Gasteiger partial charge is 0.426 e. The second kappa shape index (κ2) is 9.40. The zero-order valence-electron chi connectivity index (χ0n) is 15.1. The van der Waals surface area contributed by atoms with Crippen LogP contribution in [0.1, 0.15) is 29.9 Å². The first-order valence-corrected chi connectivity index (χ1v) is 9.11. The van der Waals surface area contributed by atoms with Gasteiger partial charge in [0.05, 0.1) is 5.92 Å². The van der Waals surface area contributed by atoms with Crippen molar-refractivity contribution >= 4 is 5.97 Å². The normalized spacial score (nSPS) is 17.4. The summed E-state index contributed by atoms with van der Waals surface area (Å²) in [7, 11) is 0. The molecule has 0 spiro atoms. The van der Waals surface area contributed by atoms with E-state index in [-0.39, 0.29) is 17.8 Å². The van der Waals surface area contributed by atoms with Crippen molar-refractivity contribution in [1.29, 1.82) is 0 Å². The molecule has 0 bridgehead atoms. The molecule has 1 aliphatic carbocycles. The van der Waals surface area contributed by atoms with Crippen LogP contribution in [0.15, 0.2) is 91.0 Å². The fourth-order valence-electron chi connectivity index (χ4n) is 3.11. The molecule has 0 radical (unpaired) electrons. The summed E-state index contributed by atoms with van der Waals surface area (Å²) in [6.45, 7) is 0. The zero-order valence-corrected chi connectivity index (χ0v) is 15.1. The maximum atomic E-state index is 12.3. The lowest BCUT2D eigenvalue weighted by atomic mass is 9.70. The van der Waals surface area contributed by atoms with Crippen LogP contribution in [0.5, 0.6) is 5.75 Å². The second-order valence-electron chi connectivity index (χ2n) is 6.45. The zero-order chi connectivity index (χ0) is 18.9. The van der Waals surface area contributed by atoms with Crippen LogP contribution >= 0.6 is 0 Å². The molecule has 1 unspecified atom stereocenters. The number of terminal acetylenes is 1. The number of hydrogen-bond donors (Lipinski definition) is 0. The molecule has 134 valence electrons. The van der Waals surface area contributed by atoms with Gasteiger partial charge in [-0.15, -0.1) is 6.42 Å². The van der Waals surface area contributed by atoms with Gasteiger partial charge in [-0.05, 0) is 42.5 Å². The molecule has 1 saturated carbocycles. The number of hydrogen-bond acceptors (Lipinski definition) is 2. The van der Waals surface area contributed by atoms with Crippen LogP contribution in [0.3, 0.4) is 0 Å². The number of esters is 1. The van der Waals surface area contributed by atoms with E-state index in [1.54, 1.807) is 18.2 Å². The smallest absolute Gasteiger partial charge is 0.314 e. The highest BCUT2D eigenvalue weighted by Gasteiger charge is 2.38. The summed E-state index contributed by atoms with van der Waals surface area (Å²) < 4.78 is 5.48. The number of ether oxygens (including phenoxy) is 1. The van der Waals surface area contributed by atoms with Gasteiger partial charge in [0, 0.05) is 5.56 Å². The molecule has 0 aliphatic heterocycles. The molecule has 3 aromatic carbocycles. The lowest BCUT2D eigenvalue weighted by Gasteiger charge is -2.34. The summed E-state index contributed by atoms with van der Waals surface area (Å²) in [5, 5.41) is 0. The van der Waals surface area contributed by atoms with Crippen LogP contribution in [-0.2, 0) is 4.79 Å². The van der Waals surface area contributed by atoms with Crippen LogP contribution in [0.25, 0.3) is 0 Å². The van der Waals surface area contributed by atoms with Crippen LogP contribution in [0, 0.1) is 18.3 Å². The number of carbonyl (C=O) groups excluding carboxylic acids is 1. The standard InChI is InChI=1S/C19H16O2.C6H6/c1-2-14-7-6-10-16(13-14)21-19(20)18-12-11-17(18)15-8-4-3-5-9-15;1-2-4-6-5-3-1/h1,3-10,13,17-18H,11-12H2;1-6H/t17?,18-;/m1./s1. The van der Waals surface area contributed by atoms with E-state index < -0.39 is 0 Å². The average Bonchev–Trinajstić information content (AvgIpc) is 2.70. The summed E-state index contributed by atoms with van der Waals surface area (Å²) in [5.74, 6) is 3.12. The van der Waals surface area contributed by atoms with Gasteiger partial charge in [0.2, 0.25) is 0 Å². The predicted octanol–water partition coefficient (Wildman–Crippen LogP) is 5.45. The molecular weight excluding hydrogens is 332 g/mol. The first kappa shape index (κ1) is 18.5. The van der Waals surface area contributed by atoms with Gasteiger partial charge >= 0.3 is 5.97 Å². The van der Waals surface area contributed by atoms with Crippen LogP contribution in [0.2, 0.25) is 0 Å². The number of rotatable bonds is 3. The number of benzene rings is 3. The summed E-state index contributed by atoms with van der Waals surface area (Å²) in [6.07, 6.45) is 7.27. The molecule has 3 aromatic rings. The highest BCUT2D eigenvalue weighted by molar-refractivity contribution is 5.77. The molecule has 27 heavy (non-hydrogen) atoms. The van der Waals surface area contributed by atoms with Crippen molar-refractivity contribution in [2.45, 2.75) is 18.8 Å². The molecule has 1 aliphatic rings. The van der Waals surface area contributed by atoms with Crippen molar-refractivity contribution < 1.29 is 9.53 Å². The van der Waals surface area contributed by atoms with Crippen LogP contribution in [-0.4, -0.2) is 5.97 Å². The van der Waals surface area contributed by atoms with Crippen molar-refractivity contribution in [2.75, 3.05) is 0 Å². The summed E-state index contributed by atoms with van der Waals surface area (Å²) in [6, 6.07) is 29.2. The second-order valence-corrected chi connectivity index (χ2v) is 6.45. The minimum absolute atomic E-state index is 0.0538. The number of carbonyl (C=O) groups is 1. The van der Waals surface area contributed by atoms with Crippen LogP contribution in [0.4, 0.5) is 0 Å². The van der Waals surface area contributed by atoms with Gasteiger partial charge in [0.25, 0.3) is 0 Å². The molecule has 2 atom stereocenters. The van der Waals surface area contributed by atoms with Gasteiger partial charge in [-0.2, -0.15) is 0 Å². The Bertz CT molecular complexity index is 868. The van der Waals surface area contributed by atoms with Gasteiger partial charge in [-0.3, -0.25) is 4.79 Å². The lowest BCUT2D eigenvalue weighted by molar-refractivity contribution is -0.142. The van der Waals surface area contributed by atoms with Crippen molar-refractivity contribution in [3.63, 3.8) is 0 Å². The average molecular weight is 354 g/mol. The van der Waals surface area contributed by atoms with Crippen molar-refractivity contribution in [3.05, 3.63) is 102 Å². The Labute approximate surface area is 160 Å². The lowest BCUT2D eigenvalue weighted by Crippen LogP contribution is -2.34. The SMILES string of the molecule is C#Cc1cccc(OC(=O)[C@@H]2CCC2c2ccccc2)c1.c1ccccc1. The monoisotopic (exact) mass is 354 g/mol. The van der Waals surface area contributed by atoms with E-state index in [0.29, 0.717) is 11.3 Å². The third-order valence-electron chi connectivity index (χ3n) is 4.69. The molecule has 2 heteroatoms. The van der Waals surface area contributed by atoms with E-state index in [0.717, 1.165) is 12.8 Å². The molecule has 0 N–H and O–H groups in total. The van der Waals surface area contributed by atoms with E-state index in [1.165, 1.54) is 5.56 Å². The quantitative estimate of drug-likeness (QED) is 0.355. The van der Waals surface area contributed by atoms with E-state index in [1.807, 2.05) is 60.7 Å². The van der Waals surface area contributed by atoms with E-state index >= 15 is 0 Å². The topological polar surface area (TPSA) is 26.3 Å². The Balaban J connectivity index is 0.000000299. The molecule has 0 saturated heterocycles. The first-order valence-electron chi connectivity index (χ1n) is 9.11. The Morgan fingerprint density at radius 1 is 0.852 bits per heavy atom. The van der Waals surface area contributed by atoms with Crippen LogP contribution < -0.4 is 4.74 Å². The summed E-state index contributed by atoms with van der Waals surface area (Å²) >= 11 is 0. The highest BCUT2D eigenvalue weighted by Crippen LogP contribution is 2.43. The Hall–Kier alpha value is -3.31. The van der Waals surface area contributed by atoms with E-state index in [9.17, 15) is 4.79 Å². The van der Waals surface area contributed by atoms with Crippen molar-refractivity contribution in [2.24, 2.45) is 5.92 Å². The molecule has 4 rings (SSSR count). The summed E-state index contributed by atoms with van der Waals surface area (Å²) in [5.41, 5.74) is 1.93. The Morgan fingerprint density at radius 2 is 1.48 bits per heavy atom. The van der Waals surface area contributed by atoms with Gasteiger partial charge in [0.1, 0.15) is 5.75 Å². The minimum Gasteiger partial charge on any atom is -0.426 e. The molecule has 1 fully saturated rings.